The molecule has 2 heterocycles. The zero-order valence-corrected chi connectivity index (χ0v) is 19.1. The summed E-state index contributed by atoms with van der Waals surface area (Å²) >= 11 is 0. The molecule has 3 atom stereocenters. The van der Waals surface area contributed by atoms with Crippen LogP contribution in [0.4, 0.5) is 0 Å². The second kappa shape index (κ2) is 9.76. The maximum atomic E-state index is 9.93. The molecule has 3 rings (SSSR count). The Balaban J connectivity index is 1.77. The van der Waals surface area contributed by atoms with E-state index in [1.165, 1.54) is 17.3 Å². The monoisotopic (exact) mass is 441 g/mol. The molecule has 0 amide bonds. The van der Waals surface area contributed by atoms with Gasteiger partial charge in [0.05, 0.1) is 31.0 Å². The molecule has 1 fully saturated rings. The molecule has 0 saturated carbocycles. The Hall–Kier alpha value is -2.83. The third-order valence-electron chi connectivity index (χ3n) is 5.78. The summed E-state index contributed by atoms with van der Waals surface area (Å²) in [5.41, 5.74) is 1.72. The molecule has 0 radical (unpaired) electrons. The van der Waals surface area contributed by atoms with E-state index in [1.807, 2.05) is 24.3 Å². The molecular weight excluding hydrogens is 409 g/mol. The normalized spacial score (nSPS) is 24.6. The van der Waals surface area contributed by atoms with Crippen molar-refractivity contribution in [3.8, 4) is 6.07 Å². The van der Waals surface area contributed by atoms with Crippen LogP contribution in [0, 0.1) is 22.7 Å². The van der Waals surface area contributed by atoms with Gasteiger partial charge in [-0.25, -0.2) is 0 Å². The van der Waals surface area contributed by atoms with Gasteiger partial charge < -0.3 is 29.5 Å². The first-order chi connectivity index (χ1) is 15.1. The van der Waals surface area contributed by atoms with Gasteiger partial charge in [-0.15, -0.1) is 0 Å². The highest BCUT2D eigenvalue weighted by molar-refractivity contribution is 6.61. The van der Waals surface area contributed by atoms with E-state index in [4.69, 9.17) is 9.31 Å². The molecule has 0 spiro atoms. The van der Waals surface area contributed by atoms with Crippen LogP contribution in [0.25, 0.3) is 0 Å². The number of aliphatic hydroxyl groups is 3. The van der Waals surface area contributed by atoms with Crippen LogP contribution in [-0.4, -0.2) is 58.0 Å². The Bertz CT molecular complexity index is 868. The number of nitriles is 1. The Kier molecular flexibility index (Phi) is 7.27. The van der Waals surface area contributed by atoms with Gasteiger partial charge in [0.15, 0.2) is 0 Å². The zero-order chi connectivity index (χ0) is 23.5. The van der Waals surface area contributed by atoms with Crippen molar-refractivity contribution in [1.82, 2.24) is 9.80 Å². The summed E-state index contributed by atoms with van der Waals surface area (Å²) in [7, 11) is 0.620. The van der Waals surface area contributed by atoms with E-state index in [2.05, 4.69) is 31.7 Å². The van der Waals surface area contributed by atoms with Crippen LogP contribution in [0.5, 0.6) is 0 Å². The molecule has 0 aliphatic carbocycles. The highest BCUT2D eigenvalue weighted by Crippen LogP contribution is 2.37. The number of rotatable bonds is 5. The van der Waals surface area contributed by atoms with Gasteiger partial charge in [-0.2, -0.15) is 5.26 Å². The van der Waals surface area contributed by atoms with Gasteiger partial charge in [0.25, 0.3) is 11.9 Å². The maximum Gasteiger partial charge on any atom is 0.636 e. The molecule has 2 aliphatic heterocycles. The summed E-state index contributed by atoms with van der Waals surface area (Å²) in [4.78, 5) is 3.66. The topological polar surface area (TPSA) is 109 Å². The van der Waals surface area contributed by atoms with E-state index in [0.29, 0.717) is 18.4 Å². The molecule has 1 aromatic carbocycles. The predicted octanol–water partition coefficient (Wildman–Crippen LogP) is 2.59. The Morgan fingerprint density at radius 3 is 2.22 bits per heavy atom. The molecule has 3 N–H and O–H groups in total. The number of aliphatic hydroxyl groups excluding tert-OH is 3. The lowest BCUT2D eigenvalue weighted by molar-refractivity contribution is 0.0985. The fraction of sp³-hybridized carbons (Fsp3) is 0.522. The first kappa shape index (κ1) is 23.8. The van der Waals surface area contributed by atoms with Crippen molar-refractivity contribution in [2.24, 2.45) is 11.3 Å². The van der Waals surface area contributed by atoms with Gasteiger partial charge in [0.1, 0.15) is 0 Å². The van der Waals surface area contributed by atoms with E-state index >= 15 is 0 Å². The SMILES string of the molecule is CN1C=C(O)OB(c2ccc(CN3C(CO)CC(C#N)C3CC(C)(C)C)cc2)OC(O)=C1. The summed E-state index contributed by atoms with van der Waals surface area (Å²) in [6.07, 6.45) is 4.18. The molecule has 32 heavy (non-hydrogen) atoms. The molecule has 9 heteroatoms. The van der Waals surface area contributed by atoms with Crippen LogP contribution < -0.4 is 5.46 Å². The van der Waals surface area contributed by atoms with Gasteiger partial charge in [-0.3, -0.25) is 4.90 Å². The average Bonchev–Trinajstić information content (AvgIpc) is 3.01. The Morgan fingerprint density at radius 2 is 1.72 bits per heavy atom. The Morgan fingerprint density at radius 1 is 1.12 bits per heavy atom. The molecule has 0 bridgehead atoms. The third kappa shape index (κ3) is 5.90. The molecule has 172 valence electrons. The summed E-state index contributed by atoms with van der Waals surface area (Å²) in [5.74, 6) is -0.772. The largest absolute Gasteiger partial charge is 0.636 e. The predicted molar refractivity (Wildman–Crippen MR) is 121 cm³/mol. The van der Waals surface area contributed by atoms with Gasteiger partial charge >= 0.3 is 7.12 Å². The van der Waals surface area contributed by atoms with Crippen LogP contribution in [-0.2, 0) is 15.9 Å². The smallest absolute Gasteiger partial charge is 0.494 e. The lowest BCUT2D eigenvalue weighted by Gasteiger charge is -2.34. The van der Waals surface area contributed by atoms with Crippen LogP contribution in [0.1, 0.15) is 39.2 Å². The number of benzene rings is 1. The number of hydrogen-bond acceptors (Lipinski definition) is 8. The third-order valence-corrected chi connectivity index (χ3v) is 5.78. The minimum absolute atomic E-state index is 0.0202. The zero-order valence-electron chi connectivity index (χ0n) is 19.1. The molecule has 2 aliphatic rings. The number of hydrogen-bond donors (Lipinski definition) is 3. The second-order valence-electron chi connectivity index (χ2n) is 9.72. The molecule has 1 saturated heterocycles. The van der Waals surface area contributed by atoms with Crippen molar-refractivity contribution in [2.45, 2.75) is 52.2 Å². The summed E-state index contributed by atoms with van der Waals surface area (Å²) in [5, 5.41) is 39.5. The average molecular weight is 441 g/mol. The van der Waals surface area contributed by atoms with Crippen molar-refractivity contribution in [2.75, 3.05) is 13.7 Å². The van der Waals surface area contributed by atoms with Crippen molar-refractivity contribution in [1.29, 1.82) is 5.26 Å². The van der Waals surface area contributed by atoms with Crippen LogP contribution >= 0.6 is 0 Å². The molecular formula is C23H32BN3O5. The number of likely N-dealkylation sites (tertiary alicyclic amines) is 1. The minimum Gasteiger partial charge on any atom is -0.494 e. The van der Waals surface area contributed by atoms with E-state index in [-0.39, 0.29) is 41.9 Å². The lowest BCUT2D eigenvalue weighted by atomic mass is 9.78. The molecule has 1 aromatic rings. The van der Waals surface area contributed by atoms with Crippen molar-refractivity contribution < 1.29 is 24.6 Å². The van der Waals surface area contributed by atoms with E-state index in [9.17, 15) is 20.6 Å². The highest BCUT2D eigenvalue weighted by Gasteiger charge is 2.42. The fourth-order valence-corrected chi connectivity index (χ4v) is 4.36. The van der Waals surface area contributed by atoms with Crippen molar-refractivity contribution in [3.05, 3.63) is 54.1 Å². The highest BCUT2D eigenvalue weighted by atomic mass is 16.7. The van der Waals surface area contributed by atoms with Crippen molar-refractivity contribution in [3.63, 3.8) is 0 Å². The molecule has 8 nitrogen and oxygen atoms in total. The van der Waals surface area contributed by atoms with Gasteiger partial charge in [0, 0.05) is 31.1 Å². The lowest BCUT2D eigenvalue weighted by Crippen LogP contribution is -2.41. The van der Waals surface area contributed by atoms with Gasteiger partial charge in [-0.1, -0.05) is 45.0 Å². The Labute approximate surface area is 190 Å². The number of nitrogens with zero attached hydrogens (tertiary/aromatic N) is 3. The molecule has 3 unspecified atom stereocenters. The quantitative estimate of drug-likeness (QED) is 0.599. The van der Waals surface area contributed by atoms with Crippen LogP contribution in [0.15, 0.2) is 48.6 Å². The fourth-order valence-electron chi connectivity index (χ4n) is 4.36. The maximum absolute atomic E-state index is 9.93. The first-order valence-electron chi connectivity index (χ1n) is 10.8. The standard InChI is InChI=1S/C23H32BN3O5/c1-23(2,3)10-20-17(11-25)9-19(15-28)27(20)12-16-5-7-18(8-6-16)24-31-21(29)13-26(4)14-22(30)32-24/h5-8,13-14,17,19-20,28-30H,9-10,12,15H2,1-4H3. The summed E-state index contributed by atoms with van der Waals surface area (Å²) in [6, 6.07) is 9.96. The van der Waals surface area contributed by atoms with E-state index in [1.54, 1.807) is 7.05 Å². The summed E-state index contributed by atoms with van der Waals surface area (Å²) < 4.78 is 10.8. The van der Waals surface area contributed by atoms with Gasteiger partial charge in [0.2, 0.25) is 0 Å². The second-order valence-corrected chi connectivity index (χ2v) is 9.72. The van der Waals surface area contributed by atoms with Crippen molar-refractivity contribution >= 4 is 12.6 Å². The summed E-state index contributed by atoms with van der Waals surface area (Å²) in [6.45, 7) is 7.13. The van der Waals surface area contributed by atoms with Crippen LogP contribution in [0.2, 0.25) is 0 Å². The molecule has 0 aromatic heterocycles. The first-order valence-corrected chi connectivity index (χ1v) is 10.8. The van der Waals surface area contributed by atoms with E-state index < -0.39 is 7.12 Å². The van der Waals surface area contributed by atoms with Gasteiger partial charge in [-0.05, 0) is 23.8 Å². The van der Waals surface area contributed by atoms with Crippen LogP contribution in [0.3, 0.4) is 0 Å². The van der Waals surface area contributed by atoms with E-state index in [0.717, 1.165) is 12.0 Å². The minimum atomic E-state index is -1.00.